The minimum absolute atomic E-state index is 0.316. The van der Waals surface area contributed by atoms with Crippen molar-refractivity contribution in [2.45, 2.75) is 19.1 Å². The summed E-state index contributed by atoms with van der Waals surface area (Å²) in [5.41, 5.74) is 2.68. The van der Waals surface area contributed by atoms with Crippen molar-refractivity contribution in [3.05, 3.63) is 30.5 Å². The molecule has 20 heavy (non-hydrogen) atoms. The molecule has 0 radical (unpaired) electrons. The summed E-state index contributed by atoms with van der Waals surface area (Å²) >= 11 is 3.02. The highest BCUT2D eigenvalue weighted by atomic mass is 32.2. The number of carbonyl (C=O) groups excluding carboxylic acids is 2. The molecule has 0 heterocycles. The first-order valence-corrected chi connectivity index (χ1v) is 8.65. The van der Waals surface area contributed by atoms with E-state index in [9.17, 15) is 9.59 Å². The molecular weight excluding hydrogens is 296 g/mol. The maximum Gasteiger partial charge on any atom is 0.339 e. The molecule has 0 N–H and O–H groups in total. The molecule has 0 aliphatic heterocycles. The fourth-order valence-electron chi connectivity index (χ4n) is 1.27. The Hall–Kier alpha value is -1.10. The molecule has 112 valence electrons. The Morgan fingerprint density at radius 2 is 1.70 bits per heavy atom. The molecule has 2 unspecified atom stereocenters. The van der Waals surface area contributed by atoms with Gasteiger partial charge in [-0.05, 0) is 19.4 Å². The summed E-state index contributed by atoms with van der Waals surface area (Å²) in [6, 6.07) is 0. The zero-order valence-corrected chi connectivity index (χ0v) is 13.6. The van der Waals surface area contributed by atoms with Crippen molar-refractivity contribution in [1.82, 2.24) is 0 Å². The van der Waals surface area contributed by atoms with Crippen LogP contribution in [0.3, 0.4) is 0 Å². The van der Waals surface area contributed by atoms with E-state index < -0.39 is 24.1 Å². The molecule has 0 saturated heterocycles. The lowest BCUT2D eigenvalue weighted by Crippen LogP contribution is -2.38. The number of thioether (sulfide) groups is 2. The first kappa shape index (κ1) is 18.9. The molecule has 0 bridgehead atoms. The molecule has 0 aromatic heterocycles. The van der Waals surface area contributed by atoms with Crippen LogP contribution in [0.4, 0.5) is 0 Å². The van der Waals surface area contributed by atoms with Crippen molar-refractivity contribution < 1.29 is 19.1 Å². The van der Waals surface area contributed by atoms with Gasteiger partial charge in [0.15, 0.2) is 0 Å². The Balaban J connectivity index is 4.91. The second-order valence-corrected chi connectivity index (χ2v) is 5.78. The largest absolute Gasteiger partial charge is 0.454 e. The summed E-state index contributed by atoms with van der Waals surface area (Å²) in [6.45, 7) is 8.44. The maximum absolute atomic E-state index is 11.6. The lowest BCUT2D eigenvalue weighted by Gasteiger charge is -2.25. The maximum atomic E-state index is 11.6. The Bertz CT molecular complexity index is 376. The Morgan fingerprint density at radius 3 is 2.10 bits per heavy atom. The molecule has 0 amide bonds. The van der Waals surface area contributed by atoms with E-state index in [0.717, 1.165) is 6.08 Å². The number of esters is 2. The number of ether oxygens (including phenoxy) is 2. The fraction of sp³-hybridized carbons (Fsp3) is 0.500. The number of hydrogen-bond donors (Lipinski definition) is 0. The molecule has 0 aliphatic rings. The highest BCUT2D eigenvalue weighted by molar-refractivity contribution is 7.98. The molecule has 4 nitrogen and oxygen atoms in total. The van der Waals surface area contributed by atoms with Crippen molar-refractivity contribution in [2.24, 2.45) is 0 Å². The summed E-state index contributed by atoms with van der Waals surface area (Å²) in [6.07, 6.45) is 3.87. The molecule has 0 aliphatic carbocycles. The van der Waals surface area contributed by atoms with Gasteiger partial charge in [0.25, 0.3) is 0 Å². The van der Waals surface area contributed by atoms with Gasteiger partial charge in [-0.25, -0.2) is 9.59 Å². The first-order valence-electron chi connectivity index (χ1n) is 5.87. The van der Waals surface area contributed by atoms with Crippen LogP contribution in [0.2, 0.25) is 0 Å². The first-order chi connectivity index (χ1) is 9.46. The summed E-state index contributed by atoms with van der Waals surface area (Å²) < 4.78 is 10.6. The predicted molar refractivity (Wildman–Crippen MR) is 85.0 cm³/mol. The van der Waals surface area contributed by atoms with Gasteiger partial charge in [0.05, 0.1) is 6.08 Å². The number of carbonyl (C=O) groups is 2. The third kappa shape index (κ3) is 7.48. The molecule has 2 atom stereocenters. The number of hydrogen-bond acceptors (Lipinski definition) is 6. The van der Waals surface area contributed by atoms with Crippen LogP contribution in [0.25, 0.3) is 0 Å². The average Bonchev–Trinajstić information content (AvgIpc) is 2.37. The summed E-state index contributed by atoms with van der Waals surface area (Å²) in [5.74, 6) is 0.0443. The second kappa shape index (κ2) is 10.7. The molecule has 0 rings (SSSR count). The standard InChI is InChI=1S/C14H20O4S2/c1-6-7-13(15)17-11(8-19-4)12(9-20-5)18-14(16)10(2)3/h7,11-12H,1-2,8-9H2,3-5H3. The molecular formula is C14H20O4S2. The van der Waals surface area contributed by atoms with Gasteiger partial charge in [-0.3, -0.25) is 0 Å². The van der Waals surface area contributed by atoms with E-state index in [4.69, 9.17) is 9.47 Å². The van der Waals surface area contributed by atoms with E-state index in [1.807, 2.05) is 12.5 Å². The lowest BCUT2D eigenvalue weighted by molar-refractivity contribution is -0.158. The van der Waals surface area contributed by atoms with E-state index in [1.54, 1.807) is 6.92 Å². The van der Waals surface area contributed by atoms with Gasteiger partial charge >= 0.3 is 11.9 Å². The van der Waals surface area contributed by atoms with Gasteiger partial charge in [-0.1, -0.05) is 13.2 Å². The normalized spacial score (nSPS) is 12.8. The van der Waals surface area contributed by atoms with Crippen molar-refractivity contribution in [1.29, 1.82) is 0 Å². The van der Waals surface area contributed by atoms with Crippen molar-refractivity contribution in [3.63, 3.8) is 0 Å². The van der Waals surface area contributed by atoms with Crippen LogP contribution in [-0.4, -0.2) is 48.2 Å². The summed E-state index contributed by atoms with van der Waals surface area (Å²) in [7, 11) is 0. The van der Waals surface area contributed by atoms with E-state index in [0.29, 0.717) is 17.1 Å². The van der Waals surface area contributed by atoms with E-state index >= 15 is 0 Å². The third-order valence-corrected chi connectivity index (χ3v) is 3.49. The highest BCUT2D eigenvalue weighted by Crippen LogP contribution is 2.16. The predicted octanol–water partition coefficient (Wildman–Crippen LogP) is 2.45. The van der Waals surface area contributed by atoms with E-state index in [2.05, 4.69) is 18.9 Å². The third-order valence-electron chi connectivity index (χ3n) is 2.17. The van der Waals surface area contributed by atoms with Crippen molar-refractivity contribution in [3.8, 4) is 0 Å². The minimum atomic E-state index is -0.545. The van der Waals surface area contributed by atoms with Crippen LogP contribution >= 0.6 is 23.5 Å². The smallest absolute Gasteiger partial charge is 0.339 e. The quantitative estimate of drug-likeness (QED) is 0.370. The van der Waals surface area contributed by atoms with Crippen LogP contribution in [0.1, 0.15) is 6.92 Å². The topological polar surface area (TPSA) is 52.6 Å². The highest BCUT2D eigenvalue weighted by Gasteiger charge is 2.27. The van der Waals surface area contributed by atoms with Gasteiger partial charge in [0, 0.05) is 17.1 Å². The SMILES string of the molecule is C=C=CC(=O)OC(CSC)C(CSC)OC(=O)C(=C)C. The zero-order valence-electron chi connectivity index (χ0n) is 12.0. The summed E-state index contributed by atoms with van der Waals surface area (Å²) in [5, 5.41) is 0. The van der Waals surface area contributed by atoms with Gasteiger partial charge in [-0.2, -0.15) is 23.5 Å². The van der Waals surface area contributed by atoms with Gasteiger partial charge in [0.2, 0.25) is 0 Å². The van der Waals surface area contributed by atoms with Crippen LogP contribution in [-0.2, 0) is 19.1 Å². The molecule has 0 spiro atoms. The molecule has 6 heteroatoms. The van der Waals surface area contributed by atoms with Gasteiger partial charge < -0.3 is 9.47 Å². The van der Waals surface area contributed by atoms with Gasteiger partial charge in [-0.15, -0.1) is 5.73 Å². The Kier molecular flexibility index (Phi) is 10.1. The zero-order chi connectivity index (χ0) is 15.5. The molecule has 0 saturated carbocycles. The molecule has 0 aromatic carbocycles. The molecule has 0 aromatic rings. The minimum Gasteiger partial charge on any atom is -0.454 e. The van der Waals surface area contributed by atoms with Crippen LogP contribution in [0, 0.1) is 0 Å². The number of rotatable bonds is 9. The molecule has 0 fully saturated rings. The Labute approximate surface area is 128 Å². The summed E-state index contributed by atoms with van der Waals surface area (Å²) in [4.78, 5) is 23.1. The van der Waals surface area contributed by atoms with E-state index in [1.165, 1.54) is 23.5 Å². The lowest BCUT2D eigenvalue weighted by atomic mass is 10.2. The van der Waals surface area contributed by atoms with E-state index in [-0.39, 0.29) is 0 Å². The van der Waals surface area contributed by atoms with Crippen LogP contribution < -0.4 is 0 Å². The van der Waals surface area contributed by atoms with Crippen molar-refractivity contribution in [2.75, 3.05) is 24.0 Å². The van der Waals surface area contributed by atoms with Crippen molar-refractivity contribution >= 4 is 35.5 Å². The Morgan fingerprint density at radius 1 is 1.20 bits per heavy atom. The average molecular weight is 316 g/mol. The fourth-order valence-corrected chi connectivity index (χ4v) is 2.49. The second-order valence-electron chi connectivity index (χ2n) is 3.96. The van der Waals surface area contributed by atoms with Crippen LogP contribution in [0.15, 0.2) is 30.5 Å². The van der Waals surface area contributed by atoms with Crippen LogP contribution in [0.5, 0.6) is 0 Å². The monoisotopic (exact) mass is 316 g/mol. The van der Waals surface area contributed by atoms with Gasteiger partial charge in [0.1, 0.15) is 12.2 Å².